The Kier molecular flexibility index (Phi) is 7.60. The maximum atomic E-state index is 13.6. The normalized spacial score (nSPS) is 13.4. The summed E-state index contributed by atoms with van der Waals surface area (Å²) >= 11 is 0. The Labute approximate surface area is 231 Å². The number of aromatic nitrogens is 1. The summed E-state index contributed by atoms with van der Waals surface area (Å²) in [6, 6.07) is 19.3. The molecule has 1 aromatic heterocycles. The largest absolute Gasteiger partial charge is 0.469 e. The molecule has 0 aliphatic heterocycles. The molecule has 8 heteroatoms. The first-order valence-electron chi connectivity index (χ1n) is 13.3. The second-order valence-electron chi connectivity index (χ2n) is 9.97. The molecule has 0 amide bonds. The first kappa shape index (κ1) is 27.0. The molecule has 1 heterocycles. The van der Waals surface area contributed by atoms with Gasteiger partial charge in [0.1, 0.15) is 5.71 Å². The van der Waals surface area contributed by atoms with Gasteiger partial charge in [-0.15, -0.1) is 0 Å². The first-order chi connectivity index (χ1) is 19.3. The lowest BCUT2D eigenvalue weighted by atomic mass is 9.94. The van der Waals surface area contributed by atoms with Crippen molar-refractivity contribution in [2.75, 3.05) is 7.11 Å². The number of ketones is 2. The van der Waals surface area contributed by atoms with Crippen LogP contribution in [0.25, 0.3) is 21.8 Å². The lowest BCUT2D eigenvalue weighted by molar-refractivity contribution is -0.141. The van der Waals surface area contributed by atoms with E-state index in [1.54, 1.807) is 12.1 Å². The van der Waals surface area contributed by atoms with Crippen molar-refractivity contribution >= 4 is 51.0 Å². The summed E-state index contributed by atoms with van der Waals surface area (Å²) in [4.78, 5) is 54.8. The highest BCUT2D eigenvalue weighted by atomic mass is 16.7. The van der Waals surface area contributed by atoms with Gasteiger partial charge in [-0.2, -0.15) is 0 Å². The number of Topliss-reactive ketones (excluding diaryl/α,β-unsaturated/α-hetero) is 2. The van der Waals surface area contributed by atoms with Gasteiger partial charge < -0.3 is 14.1 Å². The van der Waals surface area contributed by atoms with Crippen LogP contribution in [-0.2, 0) is 38.5 Å². The zero-order valence-electron chi connectivity index (χ0n) is 22.7. The quantitative estimate of drug-likeness (QED) is 0.0921. The van der Waals surface area contributed by atoms with E-state index in [0.717, 1.165) is 34.6 Å². The Bertz CT molecular complexity index is 1670. The highest BCUT2D eigenvalue weighted by molar-refractivity contribution is 6.46. The third-order valence-electron chi connectivity index (χ3n) is 7.49. The molecule has 0 bridgehead atoms. The maximum Gasteiger partial charge on any atom is 0.331 e. The van der Waals surface area contributed by atoms with Crippen LogP contribution in [0.5, 0.6) is 0 Å². The van der Waals surface area contributed by atoms with E-state index < -0.39 is 17.7 Å². The van der Waals surface area contributed by atoms with Gasteiger partial charge in [0.05, 0.1) is 13.5 Å². The number of nitrogens with zero attached hydrogens (tertiary/aromatic N) is 2. The molecule has 1 aliphatic rings. The van der Waals surface area contributed by atoms with Gasteiger partial charge in [-0.1, -0.05) is 29.4 Å². The molecule has 0 unspecified atom stereocenters. The number of hydrogen-bond acceptors (Lipinski definition) is 7. The fourth-order valence-electron chi connectivity index (χ4n) is 5.53. The number of aryl methyl sites for hydroxylation is 1. The Morgan fingerprint density at radius 1 is 0.875 bits per heavy atom. The summed E-state index contributed by atoms with van der Waals surface area (Å²) < 4.78 is 6.82. The molecule has 4 aromatic rings. The molecular weight excluding hydrogens is 508 g/mol. The summed E-state index contributed by atoms with van der Waals surface area (Å²) in [5.74, 6) is -1.62. The summed E-state index contributed by atoms with van der Waals surface area (Å²) in [5, 5.41) is 5.43. The van der Waals surface area contributed by atoms with Crippen LogP contribution < -0.4 is 0 Å². The number of benzene rings is 3. The standard InChI is InChI=1S/C32H30N2O6/c1-4-34-28-12-9-22(31(37)24-15-20-7-5-6-8-21(20)16-24)17-25(28)26-18-23(10-13-29(26)34)32(38)27(33-40-19(2)35)11-14-30(36)39-3/h5-10,12-13,17-18,24H,4,11,14-16H2,1-3H3/b33-27-. The second-order valence-corrected chi connectivity index (χ2v) is 9.97. The predicted molar refractivity (Wildman–Crippen MR) is 152 cm³/mol. The van der Waals surface area contributed by atoms with E-state index in [-0.39, 0.29) is 30.3 Å². The lowest BCUT2D eigenvalue weighted by Gasteiger charge is -2.09. The van der Waals surface area contributed by atoms with Crippen LogP contribution in [0.3, 0.4) is 0 Å². The second kappa shape index (κ2) is 11.3. The maximum absolute atomic E-state index is 13.6. The zero-order valence-corrected chi connectivity index (χ0v) is 22.7. The number of fused-ring (bicyclic) bond motifs is 4. The number of hydrogen-bond donors (Lipinski definition) is 0. The minimum Gasteiger partial charge on any atom is -0.469 e. The van der Waals surface area contributed by atoms with Crippen LogP contribution in [0.4, 0.5) is 0 Å². The monoisotopic (exact) mass is 538 g/mol. The Hall–Kier alpha value is -4.59. The highest BCUT2D eigenvalue weighted by Gasteiger charge is 2.28. The van der Waals surface area contributed by atoms with Crippen molar-refractivity contribution in [2.45, 2.75) is 46.1 Å². The molecule has 8 nitrogen and oxygen atoms in total. The van der Waals surface area contributed by atoms with Crippen LogP contribution in [0.15, 0.2) is 65.8 Å². The first-order valence-corrected chi connectivity index (χ1v) is 13.3. The molecular formula is C32H30N2O6. The summed E-state index contributed by atoms with van der Waals surface area (Å²) in [6.45, 7) is 3.93. The Morgan fingerprint density at radius 2 is 1.48 bits per heavy atom. The number of carbonyl (C=O) groups is 4. The molecule has 3 aromatic carbocycles. The SMILES string of the molecule is CCn1c2ccc(C(=O)/C(CCC(=O)OC)=N\OC(C)=O)cc2c2cc(C(=O)C3Cc4ccccc4C3)ccc21. The van der Waals surface area contributed by atoms with E-state index in [2.05, 4.69) is 26.6 Å². The molecule has 0 saturated carbocycles. The predicted octanol–water partition coefficient (Wildman–Crippen LogP) is 5.47. The van der Waals surface area contributed by atoms with Crippen molar-refractivity contribution in [3.63, 3.8) is 0 Å². The summed E-state index contributed by atoms with van der Waals surface area (Å²) in [7, 11) is 1.26. The number of ether oxygens (including phenoxy) is 1. The van der Waals surface area contributed by atoms with E-state index in [9.17, 15) is 19.2 Å². The molecule has 40 heavy (non-hydrogen) atoms. The minimum atomic E-state index is -0.674. The van der Waals surface area contributed by atoms with Gasteiger partial charge in [0, 0.05) is 58.7 Å². The van der Waals surface area contributed by atoms with E-state index >= 15 is 0 Å². The Balaban J connectivity index is 1.52. The van der Waals surface area contributed by atoms with Crippen LogP contribution in [0.2, 0.25) is 0 Å². The molecule has 0 spiro atoms. The molecule has 0 N–H and O–H groups in total. The van der Waals surface area contributed by atoms with Gasteiger partial charge in [0.2, 0.25) is 5.78 Å². The van der Waals surface area contributed by atoms with E-state index in [1.807, 2.05) is 43.3 Å². The molecule has 0 radical (unpaired) electrons. The smallest absolute Gasteiger partial charge is 0.331 e. The van der Waals surface area contributed by atoms with Crippen LogP contribution in [-0.4, -0.2) is 40.9 Å². The van der Waals surface area contributed by atoms with Gasteiger partial charge in [-0.3, -0.25) is 14.4 Å². The molecule has 5 rings (SSSR count). The average Bonchev–Trinajstić information content (AvgIpc) is 3.54. The van der Waals surface area contributed by atoms with Crippen molar-refractivity contribution in [1.82, 2.24) is 4.57 Å². The summed E-state index contributed by atoms with van der Waals surface area (Å²) in [6.07, 6.45) is 1.34. The van der Waals surface area contributed by atoms with Crippen LogP contribution in [0.1, 0.15) is 58.5 Å². The molecule has 0 fully saturated rings. The minimum absolute atomic E-state index is 0.0457. The number of methoxy groups -OCH3 is 1. The van der Waals surface area contributed by atoms with Gasteiger partial charge in [-0.05, 0) is 67.3 Å². The molecule has 204 valence electrons. The Morgan fingerprint density at radius 3 is 2.05 bits per heavy atom. The fourth-order valence-corrected chi connectivity index (χ4v) is 5.53. The summed E-state index contributed by atoms with van der Waals surface area (Å²) in [5.41, 5.74) is 5.27. The van der Waals surface area contributed by atoms with Crippen molar-refractivity contribution in [3.8, 4) is 0 Å². The fraction of sp³-hybridized carbons (Fsp3) is 0.281. The van der Waals surface area contributed by atoms with Gasteiger partial charge in [0.25, 0.3) is 0 Å². The molecule has 0 saturated heterocycles. The molecule has 1 aliphatic carbocycles. The van der Waals surface area contributed by atoms with E-state index in [4.69, 9.17) is 4.84 Å². The third-order valence-corrected chi connectivity index (χ3v) is 7.49. The lowest BCUT2D eigenvalue weighted by Crippen LogP contribution is -2.17. The van der Waals surface area contributed by atoms with E-state index in [0.29, 0.717) is 17.7 Å². The van der Waals surface area contributed by atoms with Crippen molar-refractivity contribution in [2.24, 2.45) is 11.1 Å². The number of rotatable bonds is 9. The van der Waals surface area contributed by atoms with Crippen LogP contribution >= 0.6 is 0 Å². The van der Waals surface area contributed by atoms with E-state index in [1.165, 1.54) is 25.2 Å². The van der Waals surface area contributed by atoms with Gasteiger partial charge in [-0.25, -0.2) is 4.79 Å². The topological polar surface area (TPSA) is 104 Å². The van der Waals surface area contributed by atoms with Gasteiger partial charge in [0.15, 0.2) is 5.78 Å². The van der Waals surface area contributed by atoms with Crippen LogP contribution in [0, 0.1) is 5.92 Å². The third kappa shape index (κ3) is 5.17. The van der Waals surface area contributed by atoms with Crippen molar-refractivity contribution in [3.05, 3.63) is 82.9 Å². The number of oxime groups is 1. The van der Waals surface area contributed by atoms with Gasteiger partial charge >= 0.3 is 11.9 Å². The highest BCUT2D eigenvalue weighted by Crippen LogP contribution is 2.34. The van der Waals surface area contributed by atoms with Crippen molar-refractivity contribution < 1.29 is 28.8 Å². The average molecular weight is 539 g/mol. The number of carbonyl (C=O) groups excluding carboxylic acids is 4. The number of esters is 1. The zero-order chi connectivity index (χ0) is 28.4. The van der Waals surface area contributed by atoms with Crippen molar-refractivity contribution in [1.29, 1.82) is 0 Å². The molecule has 0 atom stereocenters.